The first-order valence-corrected chi connectivity index (χ1v) is 5.59. The van der Waals surface area contributed by atoms with Gasteiger partial charge in [-0.15, -0.1) is 0 Å². The molecule has 19 heavy (non-hydrogen) atoms. The zero-order valence-corrected chi connectivity index (χ0v) is 10.3. The van der Waals surface area contributed by atoms with Gasteiger partial charge in [-0.25, -0.2) is 0 Å². The molecule has 0 saturated heterocycles. The first kappa shape index (κ1) is 12.7. The van der Waals surface area contributed by atoms with Gasteiger partial charge in [0, 0.05) is 24.4 Å². The Labute approximate surface area is 109 Å². The van der Waals surface area contributed by atoms with Crippen LogP contribution in [0.5, 0.6) is 0 Å². The molecule has 1 heterocycles. The van der Waals surface area contributed by atoms with Crippen molar-refractivity contribution in [3.8, 4) is 0 Å². The van der Waals surface area contributed by atoms with Crippen LogP contribution in [0.4, 0.5) is 17.3 Å². The van der Waals surface area contributed by atoms with Crippen molar-refractivity contribution in [2.75, 3.05) is 16.4 Å². The molecule has 0 unspecified atom stereocenters. The first-order chi connectivity index (χ1) is 9.04. The van der Waals surface area contributed by atoms with E-state index < -0.39 is 5.91 Å². The van der Waals surface area contributed by atoms with Gasteiger partial charge in [0.2, 0.25) is 5.91 Å². The third-order valence-electron chi connectivity index (χ3n) is 2.29. The van der Waals surface area contributed by atoms with Gasteiger partial charge >= 0.3 is 0 Å². The molecule has 0 atom stereocenters. The number of nitrogens with two attached hydrogens (primary N) is 1. The van der Waals surface area contributed by atoms with Crippen LogP contribution in [0.25, 0.3) is 0 Å². The monoisotopic (exact) mass is 259 g/mol. The van der Waals surface area contributed by atoms with E-state index in [0.717, 1.165) is 0 Å². The molecule has 0 spiro atoms. The molecule has 0 bridgehead atoms. The van der Waals surface area contributed by atoms with E-state index in [4.69, 9.17) is 10.2 Å². The molecule has 1 aromatic carbocycles. The Balaban J connectivity index is 2.10. The molecule has 6 nitrogen and oxygen atoms in total. The topological polar surface area (TPSA) is 97.4 Å². The standard InChI is InChI=1S/C13H13N3O3/c1-8(17)15-9-3-2-4-10(7-9)16-13(18)11-5-6-12(14)19-11/h2-7H,14H2,1H3,(H,15,17)(H,16,18). The van der Waals surface area contributed by atoms with Gasteiger partial charge in [0.15, 0.2) is 11.6 Å². The van der Waals surface area contributed by atoms with E-state index in [-0.39, 0.29) is 17.6 Å². The fraction of sp³-hybridized carbons (Fsp3) is 0.0769. The summed E-state index contributed by atoms with van der Waals surface area (Å²) in [5, 5.41) is 5.27. The van der Waals surface area contributed by atoms with Crippen molar-refractivity contribution < 1.29 is 14.0 Å². The number of carbonyl (C=O) groups excluding carboxylic acids is 2. The van der Waals surface area contributed by atoms with Crippen LogP contribution in [0, 0.1) is 0 Å². The summed E-state index contributed by atoms with van der Waals surface area (Å²) in [6.45, 7) is 1.41. The summed E-state index contributed by atoms with van der Waals surface area (Å²) < 4.78 is 5.01. The average Bonchev–Trinajstić information content (AvgIpc) is 2.75. The van der Waals surface area contributed by atoms with Gasteiger partial charge in [-0.3, -0.25) is 9.59 Å². The number of benzene rings is 1. The second-order valence-electron chi connectivity index (χ2n) is 3.92. The molecule has 0 aliphatic heterocycles. The van der Waals surface area contributed by atoms with E-state index in [9.17, 15) is 9.59 Å². The lowest BCUT2D eigenvalue weighted by Crippen LogP contribution is -2.11. The fourth-order valence-electron chi connectivity index (χ4n) is 1.55. The van der Waals surface area contributed by atoms with E-state index >= 15 is 0 Å². The van der Waals surface area contributed by atoms with Gasteiger partial charge in [0.05, 0.1) is 0 Å². The van der Waals surface area contributed by atoms with Crippen LogP contribution in [-0.2, 0) is 4.79 Å². The summed E-state index contributed by atoms with van der Waals surface area (Å²) in [5.74, 6) is -0.279. The van der Waals surface area contributed by atoms with E-state index in [1.54, 1.807) is 24.3 Å². The van der Waals surface area contributed by atoms with E-state index in [1.807, 2.05) is 0 Å². The van der Waals surface area contributed by atoms with Gasteiger partial charge in [0.25, 0.3) is 5.91 Å². The number of furan rings is 1. The van der Waals surface area contributed by atoms with Crippen molar-refractivity contribution >= 4 is 29.1 Å². The lowest BCUT2D eigenvalue weighted by Gasteiger charge is -2.06. The maximum Gasteiger partial charge on any atom is 0.291 e. The Kier molecular flexibility index (Phi) is 3.51. The molecule has 0 saturated carbocycles. The minimum absolute atomic E-state index is 0.127. The van der Waals surface area contributed by atoms with Crippen LogP contribution in [-0.4, -0.2) is 11.8 Å². The second-order valence-corrected chi connectivity index (χ2v) is 3.92. The Morgan fingerprint density at radius 2 is 1.79 bits per heavy atom. The molecule has 0 radical (unpaired) electrons. The number of rotatable bonds is 3. The van der Waals surface area contributed by atoms with Gasteiger partial charge in [-0.2, -0.15) is 0 Å². The summed E-state index contributed by atoms with van der Waals surface area (Å²) in [5.41, 5.74) is 6.54. The molecule has 2 aromatic rings. The summed E-state index contributed by atoms with van der Waals surface area (Å²) in [4.78, 5) is 22.8. The largest absolute Gasteiger partial charge is 0.436 e. The molecule has 0 fully saturated rings. The van der Waals surface area contributed by atoms with Gasteiger partial charge < -0.3 is 20.8 Å². The minimum Gasteiger partial charge on any atom is -0.436 e. The van der Waals surface area contributed by atoms with Crippen LogP contribution in [0.1, 0.15) is 17.5 Å². The molecular weight excluding hydrogens is 246 g/mol. The van der Waals surface area contributed by atoms with Gasteiger partial charge in [-0.1, -0.05) is 6.07 Å². The molecule has 0 aliphatic rings. The number of anilines is 3. The quantitative estimate of drug-likeness (QED) is 0.786. The number of carbonyl (C=O) groups is 2. The van der Waals surface area contributed by atoms with Crippen LogP contribution >= 0.6 is 0 Å². The number of nitrogens with one attached hydrogen (secondary N) is 2. The summed E-state index contributed by atoms with van der Waals surface area (Å²) in [7, 11) is 0. The van der Waals surface area contributed by atoms with Crippen molar-refractivity contribution in [2.24, 2.45) is 0 Å². The molecular formula is C13H13N3O3. The normalized spacial score (nSPS) is 9.95. The zero-order chi connectivity index (χ0) is 13.8. The zero-order valence-electron chi connectivity index (χ0n) is 10.3. The third kappa shape index (κ3) is 3.35. The second kappa shape index (κ2) is 5.26. The van der Waals surface area contributed by atoms with Crippen LogP contribution < -0.4 is 16.4 Å². The highest BCUT2D eigenvalue weighted by Gasteiger charge is 2.10. The molecule has 6 heteroatoms. The maximum atomic E-state index is 11.8. The number of amides is 2. The van der Waals surface area contributed by atoms with Crippen molar-refractivity contribution in [1.82, 2.24) is 0 Å². The molecule has 2 rings (SSSR count). The van der Waals surface area contributed by atoms with Crippen LogP contribution in [0.2, 0.25) is 0 Å². The molecule has 1 aromatic heterocycles. The molecule has 0 aliphatic carbocycles. The van der Waals surface area contributed by atoms with Gasteiger partial charge in [-0.05, 0) is 24.3 Å². The highest BCUT2D eigenvalue weighted by atomic mass is 16.4. The fourth-order valence-corrected chi connectivity index (χ4v) is 1.55. The smallest absolute Gasteiger partial charge is 0.291 e. The van der Waals surface area contributed by atoms with Crippen molar-refractivity contribution in [2.45, 2.75) is 6.92 Å². The minimum atomic E-state index is -0.406. The average molecular weight is 259 g/mol. The van der Waals surface area contributed by atoms with E-state index in [0.29, 0.717) is 11.4 Å². The first-order valence-electron chi connectivity index (χ1n) is 5.59. The molecule has 2 amide bonds. The lowest BCUT2D eigenvalue weighted by atomic mass is 10.2. The number of hydrogen-bond donors (Lipinski definition) is 3. The number of nitrogen functional groups attached to an aromatic ring is 1. The predicted octanol–water partition coefficient (Wildman–Crippen LogP) is 2.07. The highest BCUT2D eigenvalue weighted by Crippen LogP contribution is 2.17. The van der Waals surface area contributed by atoms with Crippen molar-refractivity contribution in [3.63, 3.8) is 0 Å². The lowest BCUT2D eigenvalue weighted by molar-refractivity contribution is -0.114. The predicted molar refractivity (Wildman–Crippen MR) is 71.8 cm³/mol. The summed E-state index contributed by atoms with van der Waals surface area (Å²) >= 11 is 0. The SMILES string of the molecule is CC(=O)Nc1cccc(NC(=O)c2ccc(N)o2)c1. The van der Waals surface area contributed by atoms with Crippen LogP contribution in [0.3, 0.4) is 0 Å². The summed E-state index contributed by atoms with van der Waals surface area (Å²) in [6.07, 6.45) is 0. The maximum absolute atomic E-state index is 11.8. The third-order valence-corrected chi connectivity index (χ3v) is 2.29. The van der Waals surface area contributed by atoms with E-state index in [2.05, 4.69) is 10.6 Å². The van der Waals surface area contributed by atoms with Crippen LogP contribution in [0.15, 0.2) is 40.8 Å². The Morgan fingerprint density at radius 1 is 1.11 bits per heavy atom. The Morgan fingerprint density at radius 3 is 2.37 bits per heavy atom. The molecule has 4 N–H and O–H groups in total. The Bertz CT molecular complexity index is 619. The van der Waals surface area contributed by atoms with Crippen molar-refractivity contribution in [1.29, 1.82) is 0 Å². The molecule has 98 valence electrons. The summed E-state index contributed by atoms with van der Waals surface area (Å²) in [6, 6.07) is 9.78. The highest BCUT2D eigenvalue weighted by molar-refractivity contribution is 6.03. The van der Waals surface area contributed by atoms with E-state index in [1.165, 1.54) is 19.1 Å². The van der Waals surface area contributed by atoms with Gasteiger partial charge in [0.1, 0.15) is 0 Å². The van der Waals surface area contributed by atoms with Crippen molar-refractivity contribution in [3.05, 3.63) is 42.2 Å². The number of hydrogen-bond acceptors (Lipinski definition) is 4. The Hall–Kier alpha value is -2.76.